The number of aromatic nitrogens is 1. The summed E-state index contributed by atoms with van der Waals surface area (Å²) in [4.78, 5) is 26.4. The van der Waals surface area contributed by atoms with Gasteiger partial charge < -0.3 is 20.1 Å². The van der Waals surface area contributed by atoms with E-state index in [1.807, 2.05) is 6.20 Å². The molecule has 2 aliphatic heterocycles. The molecule has 0 unspecified atom stereocenters. The monoisotopic (exact) mass is 419 g/mol. The molecule has 6 heteroatoms. The predicted molar refractivity (Wildman–Crippen MR) is 127 cm³/mol. The van der Waals surface area contributed by atoms with Crippen LogP contribution in [-0.2, 0) is 0 Å². The van der Waals surface area contributed by atoms with Crippen LogP contribution in [-0.4, -0.2) is 61.2 Å². The summed E-state index contributed by atoms with van der Waals surface area (Å²) in [5.41, 5.74) is 4.62. The van der Waals surface area contributed by atoms with Gasteiger partial charge in [-0.25, -0.2) is 4.99 Å². The summed E-state index contributed by atoms with van der Waals surface area (Å²) in [7, 11) is 2.18. The molecule has 164 valence electrons. The number of nitrogens with zero attached hydrogens (tertiary/aromatic N) is 3. The fraction of sp³-hybridized carbons (Fsp3) is 0.520. The molecule has 3 heterocycles. The molecule has 0 atom stereocenters. The van der Waals surface area contributed by atoms with Crippen molar-refractivity contribution in [2.24, 2.45) is 10.4 Å². The Kier molecular flexibility index (Phi) is 5.34. The smallest absolute Gasteiger partial charge is 0.172 e. The van der Waals surface area contributed by atoms with Crippen molar-refractivity contribution in [1.29, 1.82) is 0 Å². The normalized spacial score (nSPS) is 21.2. The third-order valence-electron chi connectivity index (χ3n) is 7.35. The van der Waals surface area contributed by atoms with E-state index in [0.29, 0.717) is 6.54 Å². The Morgan fingerprint density at radius 2 is 1.74 bits per heavy atom. The maximum atomic E-state index is 13.4. The number of H-pyrrole nitrogens is 1. The first-order chi connectivity index (χ1) is 15.0. The number of Topliss-reactive ketones (excluding diaryl/α,β-unsaturated/α-hetero) is 1. The molecule has 1 saturated carbocycles. The Morgan fingerprint density at radius 3 is 2.45 bits per heavy atom. The molecule has 3 aliphatic rings. The van der Waals surface area contributed by atoms with E-state index in [-0.39, 0.29) is 11.2 Å². The number of ketones is 1. The molecule has 6 nitrogen and oxygen atoms in total. The summed E-state index contributed by atoms with van der Waals surface area (Å²) in [5.74, 6) is 1.10. The molecule has 0 bridgehead atoms. The Hall–Kier alpha value is -2.60. The minimum atomic E-state index is -0.258. The number of anilines is 2. The largest absolute Gasteiger partial charge is 0.369 e. The van der Waals surface area contributed by atoms with Crippen molar-refractivity contribution in [2.45, 2.75) is 39.0 Å². The quantitative estimate of drug-likeness (QED) is 0.718. The average Bonchev–Trinajstić information content (AvgIpc) is 3.23. The summed E-state index contributed by atoms with van der Waals surface area (Å²) in [5, 5.41) is 3.43. The number of rotatable bonds is 4. The van der Waals surface area contributed by atoms with Crippen molar-refractivity contribution in [3.05, 3.63) is 41.6 Å². The van der Waals surface area contributed by atoms with Gasteiger partial charge in [-0.1, -0.05) is 38.3 Å². The van der Waals surface area contributed by atoms with Crippen LogP contribution < -0.4 is 10.2 Å². The highest BCUT2D eigenvalue weighted by Gasteiger charge is 2.37. The van der Waals surface area contributed by atoms with Crippen molar-refractivity contribution in [3.8, 4) is 0 Å². The first-order valence-corrected chi connectivity index (χ1v) is 11.7. The average molecular weight is 420 g/mol. The zero-order valence-electron chi connectivity index (χ0n) is 18.7. The van der Waals surface area contributed by atoms with Crippen molar-refractivity contribution < 1.29 is 4.79 Å². The van der Waals surface area contributed by atoms with Gasteiger partial charge in [0.1, 0.15) is 11.5 Å². The van der Waals surface area contributed by atoms with E-state index in [1.165, 1.54) is 12.1 Å². The van der Waals surface area contributed by atoms with Gasteiger partial charge in [0, 0.05) is 43.5 Å². The lowest BCUT2D eigenvalue weighted by molar-refractivity contribution is 0.0750. The standard InChI is InChI=1S/C25H33N5O/c1-25(10-4-3-5-11-25)23(31)20-16-26-24-22(20)28-21(17-27-24)18-6-8-19(9-7-18)30-14-12-29(2)13-15-30/h6-9,16,26-27H,3-5,10-15,17H2,1-2H3. The van der Waals surface area contributed by atoms with E-state index in [0.717, 1.165) is 80.2 Å². The van der Waals surface area contributed by atoms with Crippen molar-refractivity contribution in [2.75, 3.05) is 50.0 Å². The Labute approximate surface area is 184 Å². The van der Waals surface area contributed by atoms with Gasteiger partial charge in [0.15, 0.2) is 5.78 Å². The van der Waals surface area contributed by atoms with Crippen molar-refractivity contribution in [3.63, 3.8) is 0 Å². The van der Waals surface area contributed by atoms with Crippen LogP contribution in [0.5, 0.6) is 0 Å². The molecule has 1 aromatic heterocycles. The fourth-order valence-electron chi connectivity index (χ4n) is 5.17. The first kappa shape index (κ1) is 20.3. The SMILES string of the molecule is CN1CCN(c2ccc(C3=Nc4c(C(=O)C5(C)CCCCC5)c[nH]c4NC3)cc2)CC1. The Bertz CT molecular complexity index is 976. The minimum absolute atomic E-state index is 0.238. The third-order valence-corrected chi connectivity index (χ3v) is 7.35. The number of carbonyl (C=O) groups excluding carboxylic acids is 1. The van der Waals surface area contributed by atoms with Gasteiger partial charge in [-0.05, 0) is 37.6 Å². The molecule has 2 N–H and O–H groups in total. The zero-order chi connectivity index (χ0) is 21.4. The summed E-state index contributed by atoms with van der Waals surface area (Å²) < 4.78 is 0. The van der Waals surface area contributed by atoms with E-state index in [9.17, 15) is 4.79 Å². The van der Waals surface area contributed by atoms with Crippen LogP contribution in [0, 0.1) is 5.41 Å². The van der Waals surface area contributed by atoms with E-state index in [4.69, 9.17) is 4.99 Å². The molecule has 31 heavy (non-hydrogen) atoms. The van der Waals surface area contributed by atoms with Crippen LogP contribution in [0.3, 0.4) is 0 Å². The number of nitrogens with one attached hydrogen (secondary N) is 2. The number of hydrogen-bond acceptors (Lipinski definition) is 5. The van der Waals surface area contributed by atoms with Gasteiger partial charge in [-0.3, -0.25) is 4.79 Å². The third kappa shape index (κ3) is 3.89. The predicted octanol–water partition coefficient (Wildman–Crippen LogP) is 4.47. The molecule has 1 aromatic carbocycles. The second-order valence-corrected chi connectivity index (χ2v) is 9.63. The summed E-state index contributed by atoms with van der Waals surface area (Å²) in [6.07, 6.45) is 7.32. The highest BCUT2D eigenvalue weighted by Crippen LogP contribution is 2.42. The first-order valence-electron chi connectivity index (χ1n) is 11.7. The molecule has 0 amide bonds. The van der Waals surface area contributed by atoms with E-state index < -0.39 is 0 Å². The molecule has 0 radical (unpaired) electrons. The molecule has 1 saturated heterocycles. The molecule has 5 rings (SSSR count). The summed E-state index contributed by atoms with van der Waals surface area (Å²) >= 11 is 0. The van der Waals surface area contributed by atoms with Crippen LogP contribution in [0.25, 0.3) is 0 Å². The molecule has 0 spiro atoms. The number of aliphatic imine (C=N–C) groups is 1. The van der Waals surface area contributed by atoms with Gasteiger partial charge in [0.25, 0.3) is 0 Å². The van der Waals surface area contributed by atoms with Gasteiger partial charge in [-0.2, -0.15) is 0 Å². The number of aromatic amines is 1. The Balaban J connectivity index is 1.38. The van der Waals surface area contributed by atoms with Crippen LogP contribution in [0.15, 0.2) is 35.5 Å². The molecule has 2 fully saturated rings. The summed E-state index contributed by atoms with van der Waals surface area (Å²) in [6.45, 7) is 7.12. The summed E-state index contributed by atoms with van der Waals surface area (Å²) in [6, 6.07) is 8.72. The Morgan fingerprint density at radius 1 is 1.03 bits per heavy atom. The molecular formula is C25H33N5O. The fourth-order valence-corrected chi connectivity index (χ4v) is 5.17. The maximum Gasteiger partial charge on any atom is 0.172 e. The lowest BCUT2D eigenvalue weighted by Gasteiger charge is -2.34. The van der Waals surface area contributed by atoms with Gasteiger partial charge in [0.05, 0.1) is 17.8 Å². The topological polar surface area (TPSA) is 63.7 Å². The number of likely N-dealkylation sites (N-methyl/N-ethyl adjacent to an activating group) is 1. The second kappa shape index (κ2) is 8.15. The number of benzene rings is 1. The van der Waals surface area contributed by atoms with Crippen LogP contribution in [0.1, 0.15) is 54.9 Å². The van der Waals surface area contributed by atoms with Crippen molar-refractivity contribution >= 4 is 28.7 Å². The van der Waals surface area contributed by atoms with Gasteiger partial charge in [0.2, 0.25) is 0 Å². The molecular weight excluding hydrogens is 386 g/mol. The molecule has 2 aromatic rings. The van der Waals surface area contributed by atoms with E-state index >= 15 is 0 Å². The van der Waals surface area contributed by atoms with Gasteiger partial charge >= 0.3 is 0 Å². The van der Waals surface area contributed by atoms with Crippen LogP contribution in [0.2, 0.25) is 0 Å². The molecule has 1 aliphatic carbocycles. The number of hydrogen-bond donors (Lipinski definition) is 2. The lowest BCUT2D eigenvalue weighted by Crippen LogP contribution is -2.44. The minimum Gasteiger partial charge on any atom is -0.369 e. The number of piperazine rings is 1. The van der Waals surface area contributed by atoms with Crippen LogP contribution >= 0.6 is 0 Å². The highest BCUT2D eigenvalue weighted by atomic mass is 16.1. The second-order valence-electron chi connectivity index (χ2n) is 9.63. The van der Waals surface area contributed by atoms with Gasteiger partial charge in [-0.15, -0.1) is 0 Å². The maximum absolute atomic E-state index is 13.4. The lowest BCUT2D eigenvalue weighted by atomic mass is 9.71. The van der Waals surface area contributed by atoms with E-state index in [1.54, 1.807) is 0 Å². The highest BCUT2D eigenvalue weighted by molar-refractivity contribution is 6.12. The number of carbonyl (C=O) groups is 1. The van der Waals surface area contributed by atoms with Crippen molar-refractivity contribution in [1.82, 2.24) is 9.88 Å². The van der Waals surface area contributed by atoms with Crippen LogP contribution in [0.4, 0.5) is 17.2 Å². The number of fused-ring (bicyclic) bond motifs is 1. The zero-order valence-corrected chi connectivity index (χ0v) is 18.7. The van der Waals surface area contributed by atoms with E-state index in [2.05, 4.69) is 58.3 Å².